The van der Waals surface area contributed by atoms with Crippen LogP contribution in [-0.4, -0.2) is 11.0 Å². The van der Waals surface area contributed by atoms with Gasteiger partial charge in [0, 0.05) is 6.04 Å². The Morgan fingerprint density at radius 2 is 2.15 bits per heavy atom. The highest BCUT2D eigenvalue weighted by molar-refractivity contribution is 9.10. The lowest BCUT2D eigenvalue weighted by Crippen LogP contribution is -2.32. The summed E-state index contributed by atoms with van der Waals surface area (Å²) in [6, 6.07) is 2.66. The summed E-state index contributed by atoms with van der Waals surface area (Å²) in [6.07, 6.45) is 5.54. The Kier molecular flexibility index (Phi) is 4.96. The van der Waals surface area contributed by atoms with Gasteiger partial charge in [-0.3, -0.25) is 10.1 Å². The maximum absolute atomic E-state index is 13.5. The second-order valence-electron chi connectivity index (χ2n) is 5.24. The van der Waals surface area contributed by atoms with Crippen molar-refractivity contribution in [2.24, 2.45) is 5.92 Å². The van der Waals surface area contributed by atoms with Crippen molar-refractivity contribution in [3.8, 4) is 0 Å². The zero-order valence-electron chi connectivity index (χ0n) is 11.4. The van der Waals surface area contributed by atoms with E-state index in [0.717, 1.165) is 31.7 Å². The first-order valence-corrected chi connectivity index (χ1v) is 7.72. The van der Waals surface area contributed by atoms with Gasteiger partial charge in [0.05, 0.1) is 15.5 Å². The Labute approximate surface area is 126 Å². The summed E-state index contributed by atoms with van der Waals surface area (Å²) in [5.74, 6) is -0.0925. The lowest BCUT2D eigenvalue weighted by Gasteiger charge is -2.32. The summed E-state index contributed by atoms with van der Waals surface area (Å²) in [5, 5.41) is 14.3. The molecule has 4 nitrogen and oxygen atoms in total. The molecule has 1 N–H and O–H groups in total. The van der Waals surface area contributed by atoms with E-state index in [1.165, 1.54) is 12.5 Å². The van der Waals surface area contributed by atoms with Crippen molar-refractivity contribution < 1.29 is 9.31 Å². The molecule has 0 radical (unpaired) electrons. The van der Waals surface area contributed by atoms with E-state index in [-0.39, 0.29) is 16.2 Å². The van der Waals surface area contributed by atoms with Gasteiger partial charge < -0.3 is 5.32 Å². The number of hydrogen-bond donors (Lipinski definition) is 1. The van der Waals surface area contributed by atoms with Crippen LogP contribution in [0.3, 0.4) is 0 Å². The highest BCUT2D eigenvalue weighted by atomic mass is 79.9. The van der Waals surface area contributed by atoms with E-state index in [9.17, 15) is 14.5 Å². The number of benzene rings is 1. The number of nitro benzene ring substituents is 1. The standard InChI is InChI=1S/C14H18BrFN2O2/c1-2-9-5-3-4-6-12(9)17-13-7-10(15)11(16)8-14(13)18(19)20/h7-9,12,17H,2-6H2,1H3. The molecule has 0 amide bonds. The van der Waals surface area contributed by atoms with Crippen molar-refractivity contribution in [1.29, 1.82) is 0 Å². The van der Waals surface area contributed by atoms with Crippen molar-refractivity contribution in [3.63, 3.8) is 0 Å². The van der Waals surface area contributed by atoms with Crippen LogP contribution in [0.1, 0.15) is 39.0 Å². The molecule has 20 heavy (non-hydrogen) atoms. The number of hydrogen-bond acceptors (Lipinski definition) is 3. The fourth-order valence-electron chi connectivity index (χ4n) is 2.89. The Balaban J connectivity index is 2.27. The summed E-state index contributed by atoms with van der Waals surface area (Å²) in [5.41, 5.74) is 0.194. The van der Waals surface area contributed by atoms with Crippen molar-refractivity contribution >= 4 is 27.3 Å². The molecule has 0 bridgehead atoms. The van der Waals surface area contributed by atoms with Gasteiger partial charge in [-0.25, -0.2) is 4.39 Å². The average Bonchev–Trinajstić information content (AvgIpc) is 2.43. The van der Waals surface area contributed by atoms with Gasteiger partial charge in [0.15, 0.2) is 0 Å². The van der Waals surface area contributed by atoms with Crippen molar-refractivity contribution in [3.05, 3.63) is 32.5 Å². The Morgan fingerprint density at radius 3 is 2.80 bits per heavy atom. The van der Waals surface area contributed by atoms with E-state index in [1.54, 1.807) is 0 Å². The van der Waals surface area contributed by atoms with Gasteiger partial charge in [-0.1, -0.05) is 26.2 Å². The normalized spacial score (nSPS) is 22.6. The van der Waals surface area contributed by atoms with Gasteiger partial charge in [0.2, 0.25) is 0 Å². The first-order chi connectivity index (χ1) is 9.52. The first kappa shape index (κ1) is 15.2. The number of rotatable bonds is 4. The highest BCUT2D eigenvalue weighted by Gasteiger charge is 2.26. The number of nitrogens with one attached hydrogen (secondary N) is 1. The van der Waals surface area contributed by atoms with Crippen LogP contribution in [0, 0.1) is 21.8 Å². The van der Waals surface area contributed by atoms with E-state index in [4.69, 9.17) is 0 Å². The van der Waals surface area contributed by atoms with Gasteiger partial charge in [0.25, 0.3) is 5.69 Å². The summed E-state index contributed by atoms with van der Waals surface area (Å²) in [6.45, 7) is 2.14. The second kappa shape index (κ2) is 6.52. The first-order valence-electron chi connectivity index (χ1n) is 6.93. The zero-order valence-corrected chi connectivity index (χ0v) is 13.0. The number of halogens is 2. The summed E-state index contributed by atoms with van der Waals surface area (Å²) < 4.78 is 13.7. The molecule has 0 aromatic heterocycles. The molecular weight excluding hydrogens is 327 g/mol. The second-order valence-corrected chi connectivity index (χ2v) is 6.10. The molecule has 1 aliphatic carbocycles. The minimum atomic E-state index is -0.613. The number of nitrogens with zero attached hydrogens (tertiary/aromatic N) is 1. The monoisotopic (exact) mass is 344 g/mol. The van der Waals surface area contributed by atoms with Crippen LogP contribution in [0.5, 0.6) is 0 Å². The van der Waals surface area contributed by atoms with Gasteiger partial charge in [-0.2, -0.15) is 0 Å². The molecule has 1 aromatic rings. The lowest BCUT2D eigenvalue weighted by atomic mass is 9.83. The molecule has 0 heterocycles. The predicted molar refractivity (Wildman–Crippen MR) is 80.4 cm³/mol. The topological polar surface area (TPSA) is 55.2 Å². The van der Waals surface area contributed by atoms with Crippen LogP contribution in [-0.2, 0) is 0 Å². The Bertz CT molecular complexity index is 510. The lowest BCUT2D eigenvalue weighted by molar-refractivity contribution is -0.384. The van der Waals surface area contributed by atoms with Gasteiger partial charge in [-0.15, -0.1) is 0 Å². The van der Waals surface area contributed by atoms with E-state index in [2.05, 4.69) is 28.2 Å². The predicted octanol–water partition coefficient (Wildman–Crippen LogP) is 4.88. The molecule has 110 valence electrons. The Hall–Kier alpha value is -1.17. The number of anilines is 1. The summed E-state index contributed by atoms with van der Waals surface area (Å²) in [7, 11) is 0. The van der Waals surface area contributed by atoms with Crippen LogP contribution in [0.2, 0.25) is 0 Å². The summed E-state index contributed by atoms with van der Waals surface area (Å²) in [4.78, 5) is 10.5. The molecule has 1 aromatic carbocycles. The smallest absolute Gasteiger partial charge is 0.295 e. The molecule has 2 rings (SSSR count). The van der Waals surface area contributed by atoms with Crippen molar-refractivity contribution in [2.45, 2.75) is 45.1 Å². The van der Waals surface area contributed by atoms with Crippen LogP contribution in [0.15, 0.2) is 16.6 Å². The molecule has 1 aliphatic rings. The molecule has 2 unspecified atom stereocenters. The van der Waals surface area contributed by atoms with Gasteiger partial charge in [-0.05, 0) is 40.8 Å². The van der Waals surface area contributed by atoms with Crippen LogP contribution in [0.25, 0.3) is 0 Å². The minimum Gasteiger partial charge on any atom is -0.376 e. The molecule has 0 aliphatic heterocycles. The Morgan fingerprint density at radius 1 is 1.45 bits per heavy atom. The SMILES string of the molecule is CCC1CCCCC1Nc1cc(Br)c(F)cc1[N+](=O)[O-]. The van der Waals surface area contributed by atoms with Gasteiger partial charge >= 0.3 is 0 Å². The fourth-order valence-corrected chi connectivity index (χ4v) is 3.23. The summed E-state index contributed by atoms with van der Waals surface area (Å²) >= 11 is 3.09. The maximum Gasteiger partial charge on any atom is 0.295 e. The van der Waals surface area contributed by atoms with Crippen molar-refractivity contribution in [1.82, 2.24) is 0 Å². The van der Waals surface area contributed by atoms with Crippen LogP contribution in [0.4, 0.5) is 15.8 Å². The molecule has 6 heteroatoms. The average molecular weight is 345 g/mol. The third kappa shape index (κ3) is 3.29. The third-order valence-corrected chi connectivity index (χ3v) is 4.62. The zero-order chi connectivity index (χ0) is 14.7. The number of nitro groups is 1. The van der Waals surface area contributed by atoms with E-state index in [1.807, 2.05) is 0 Å². The maximum atomic E-state index is 13.5. The van der Waals surface area contributed by atoms with Crippen LogP contribution >= 0.6 is 15.9 Å². The van der Waals surface area contributed by atoms with E-state index >= 15 is 0 Å². The van der Waals surface area contributed by atoms with E-state index in [0.29, 0.717) is 11.6 Å². The molecule has 0 saturated heterocycles. The quantitative estimate of drug-likeness (QED) is 0.625. The van der Waals surface area contributed by atoms with Gasteiger partial charge in [0.1, 0.15) is 11.5 Å². The highest BCUT2D eigenvalue weighted by Crippen LogP contribution is 2.35. The molecule has 2 atom stereocenters. The molecule has 1 saturated carbocycles. The molecule has 0 spiro atoms. The third-order valence-electron chi connectivity index (χ3n) is 4.01. The fraction of sp³-hybridized carbons (Fsp3) is 0.571. The van der Waals surface area contributed by atoms with Crippen molar-refractivity contribution in [2.75, 3.05) is 5.32 Å². The minimum absolute atomic E-state index is 0.203. The largest absolute Gasteiger partial charge is 0.376 e. The van der Waals surface area contributed by atoms with E-state index < -0.39 is 10.7 Å². The van der Waals surface area contributed by atoms with Crippen LogP contribution < -0.4 is 5.32 Å². The molecule has 1 fully saturated rings. The molecular formula is C14H18BrFN2O2.